The molecule has 2 heterocycles. The van der Waals surface area contributed by atoms with Crippen LogP contribution in [0, 0.1) is 6.92 Å². The zero-order valence-electron chi connectivity index (χ0n) is 13.5. The van der Waals surface area contributed by atoms with Gasteiger partial charge in [-0.3, -0.25) is 9.59 Å². The van der Waals surface area contributed by atoms with Gasteiger partial charge in [0.05, 0.1) is 6.26 Å². The molecular formula is C19H16N2O3S. The SMILES string of the molecule is Cc1ccc(NC(=O)/C(=C/c2cccs2)NC(=O)c2ccco2)cc1. The van der Waals surface area contributed by atoms with Crippen molar-refractivity contribution in [2.45, 2.75) is 6.92 Å². The zero-order valence-corrected chi connectivity index (χ0v) is 14.3. The summed E-state index contributed by atoms with van der Waals surface area (Å²) >= 11 is 1.47. The highest BCUT2D eigenvalue weighted by atomic mass is 32.1. The van der Waals surface area contributed by atoms with Crippen LogP contribution in [0.1, 0.15) is 21.0 Å². The summed E-state index contributed by atoms with van der Waals surface area (Å²) in [6.07, 6.45) is 3.04. The lowest BCUT2D eigenvalue weighted by Gasteiger charge is -2.10. The van der Waals surface area contributed by atoms with Gasteiger partial charge in [0.2, 0.25) is 0 Å². The van der Waals surface area contributed by atoms with Crippen molar-refractivity contribution in [3.63, 3.8) is 0 Å². The number of nitrogens with one attached hydrogen (secondary N) is 2. The van der Waals surface area contributed by atoms with Crippen LogP contribution in [0.2, 0.25) is 0 Å². The molecule has 3 aromatic rings. The lowest BCUT2D eigenvalue weighted by Crippen LogP contribution is -2.30. The molecule has 6 heteroatoms. The van der Waals surface area contributed by atoms with Crippen molar-refractivity contribution in [1.29, 1.82) is 0 Å². The van der Waals surface area contributed by atoms with Crippen molar-refractivity contribution in [2.24, 2.45) is 0 Å². The smallest absolute Gasteiger partial charge is 0.291 e. The molecule has 2 aromatic heterocycles. The number of thiophene rings is 1. The van der Waals surface area contributed by atoms with Gasteiger partial charge < -0.3 is 15.1 Å². The van der Waals surface area contributed by atoms with E-state index in [1.54, 1.807) is 12.1 Å². The highest BCUT2D eigenvalue weighted by Gasteiger charge is 2.16. The molecule has 3 rings (SSSR count). The Hall–Kier alpha value is -3.12. The molecule has 0 fully saturated rings. The third-order valence-electron chi connectivity index (χ3n) is 3.38. The van der Waals surface area contributed by atoms with Crippen molar-refractivity contribution in [2.75, 3.05) is 5.32 Å². The van der Waals surface area contributed by atoms with E-state index in [1.165, 1.54) is 23.7 Å². The third-order valence-corrected chi connectivity index (χ3v) is 4.20. The van der Waals surface area contributed by atoms with Crippen LogP contribution < -0.4 is 10.6 Å². The first-order valence-electron chi connectivity index (χ1n) is 7.60. The van der Waals surface area contributed by atoms with Gasteiger partial charge in [0.1, 0.15) is 5.70 Å². The van der Waals surface area contributed by atoms with Gasteiger partial charge in [0, 0.05) is 10.6 Å². The van der Waals surface area contributed by atoms with Crippen LogP contribution in [0.3, 0.4) is 0 Å². The maximum Gasteiger partial charge on any atom is 0.291 e. The zero-order chi connectivity index (χ0) is 17.6. The van der Waals surface area contributed by atoms with E-state index in [4.69, 9.17) is 4.42 Å². The predicted octanol–water partition coefficient (Wildman–Crippen LogP) is 4.06. The van der Waals surface area contributed by atoms with E-state index in [1.807, 2.05) is 48.7 Å². The van der Waals surface area contributed by atoms with E-state index in [0.29, 0.717) is 5.69 Å². The first-order chi connectivity index (χ1) is 12.1. The Morgan fingerprint density at radius 1 is 1.08 bits per heavy atom. The second-order valence-corrected chi connectivity index (χ2v) is 6.30. The van der Waals surface area contributed by atoms with Gasteiger partial charge in [-0.2, -0.15) is 0 Å². The van der Waals surface area contributed by atoms with Crippen LogP contribution in [-0.2, 0) is 4.79 Å². The summed E-state index contributed by atoms with van der Waals surface area (Å²) in [6, 6.07) is 14.3. The molecule has 126 valence electrons. The van der Waals surface area contributed by atoms with Crippen LogP contribution in [0.4, 0.5) is 5.69 Å². The van der Waals surface area contributed by atoms with Crippen molar-refractivity contribution in [3.8, 4) is 0 Å². The number of amides is 2. The first-order valence-corrected chi connectivity index (χ1v) is 8.48. The minimum atomic E-state index is -0.480. The summed E-state index contributed by atoms with van der Waals surface area (Å²) in [5, 5.41) is 7.30. The van der Waals surface area contributed by atoms with E-state index in [2.05, 4.69) is 10.6 Å². The number of carbonyl (C=O) groups is 2. The van der Waals surface area contributed by atoms with Gasteiger partial charge >= 0.3 is 0 Å². The number of hydrogen-bond acceptors (Lipinski definition) is 4. The summed E-state index contributed by atoms with van der Waals surface area (Å²) in [7, 11) is 0. The highest BCUT2D eigenvalue weighted by molar-refractivity contribution is 7.10. The maximum atomic E-state index is 12.6. The van der Waals surface area contributed by atoms with Crippen LogP contribution >= 0.6 is 11.3 Å². The number of aryl methyl sites for hydroxylation is 1. The largest absolute Gasteiger partial charge is 0.459 e. The van der Waals surface area contributed by atoms with Crippen LogP contribution in [0.15, 0.2) is 70.3 Å². The third kappa shape index (κ3) is 4.45. The van der Waals surface area contributed by atoms with Gasteiger partial charge in [0.15, 0.2) is 5.76 Å². The summed E-state index contributed by atoms with van der Waals surface area (Å²) in [4.78, 5) is 25.7. The van der Waals surface area contributed by atoms with Gasteiger partial charge in [-0.05, 0) is 48.7 Å². The van der Waals surface area contributed by atoms with Crippen molar-refractivity contribution in [3.05, 3.63) is 82.1 Å². The quantitative estimate of drug-likeness (QED) is 0.680. The molecule has 0 radical (unpaired) electrons. The molecule has 0 saturated heterocycles. The topological polar surface area (TPSA) is 71.3 Å². The average molecular weight is 352 g/mol. The highest BCUT2D eigenvalue weighted by Crippen LogP contribution is 2.15. The molecule has 5 nitrogen and oxygen atoms in total. The predicted molar refractivity (Wildman–Crippen MR) is 98.3 cm³/mol. The lowest BCUT2D eigenvalue weighted by molar-refractivity contribution is -0.113. The average Bonchev–Trinajstić information content (AvgIpc) is 3.29. The molecule has 0 aliphatic heterocycles. The fourth-order valence-electron chi connectivity index (χ4n) is 2.10. The van der Waals surface area contributed by atoms with E-state index in [0.717, 1.165) is 10.4 Å². The Balaban J connectivity index is 1.81. The molecule has 2 N–H and O–H groups in total. The second-order valence-electron chi connectivity index (χ2n) is 5.33. The number of anilines is 1. The second kappa shape index (κ2) is 7.63. The van der Waals surface area contributed by atoms with Gasteiger partial charge in [-0.1, -0.05) is 23.8 Å². The van der Waals surface area contributed by atoms with Crippen LogP contribution in [0.25, 0.3) is 6.08 Å². The molecule has 0 atom stereocenters. The first kappa shape index (κ1) is 16.7. The van der Waals surface area contributed by atoms with Crippen molar-refractivity contribution in [1.82, 2.24) is 5.32 Å². The van der Waals surface area contributed by atoms with Gasteiger partial charge in [0.25, 0.3) is 11.8 Å². The standard InChI is InChI=1S/C19H16N2O3S/c1-13-6-8-14(9-7-13)20-18(22)16(12-15-4-3-11-25-15)21-19(23)17-5-2-10-24-17/h2-12H,1H3,(H,20,22)(H,21,23)/b16-12-. The molecule has 0 aliphatic rings. The van der Waals surface area contributed by atoms with Gasteiger partial charge in [-0.25, -0.2) is 0 Å². The summed E-state index contributed by atoms with van der Waals surface area (Å²) in [6.45, 7) is 1.97. The Labute approximate surface area is 149 Å². The molecule has 0 aliphatic carbocycles. The molecule has 0 spiro atoms. The van der Waals surface area contributed by atoms with E-state index >= 15 is 0 Å². The van der Waals surface area contributed by atoms with Crippen molar-refractivity contribution < 1.29 is 14.0 Å². The molecule has 2 amide bonds. The lowest BCUT2D eigenvalue weighted by atomic mass is 10.2. The molecule has 1 aromatic carbocycles. The Kier molecular flexibility index (Phi) is 5.11. The summed E-state index contributed by atoms with van der Waals surface area (Å²) < 4.78 is 5.07. The number of benzene rings is 1. The monoisotopic (exact) mass is 352 g/mol. The Morgan fingerprint density at radius 2 is 1.88 bits per heavy atom. The molecule has 0 bridgehead atoms. The number of hydrogen-bond donors (Lipinski definition) is 2. The molecule has 0 saturated carbocycles. The summed E-state index contributed by atoms with van der Waals surface area (Å²) in [5.41, 5.74) is 1.89. The minimum absolute atomic E-state index is 0.139. The maximum absolute atomic E-state index is 12.6. The normalized spacial score (nSPS) is 11.2. The van der Waals surface area contributed by atoms with Crippen molar-refractivity contribution >= 4 is 34.9 Å². The van der Waals surface area contributed by atoms with Crippen LogP contribution in [0.5, 0.6) is 0 Å². The molecular weight excluding hydrogens is 336 g/mol. The van der Waals surface area contributed by atoms with E-state index in [-0.39, 0.29) is 11.5 Å². The number of rotatable bonds is 5. The fourth-order valence-corrected chi connectivity index (χ4v) is 2.76. The van der Waals surface area contributed by atoms with Crippen LogP contribution in [-0.4, -0.2) is 11.8 Å². The summed E-state index contributed by atoms with van der Waals surface area (Å²) in [5.74, 6) is -0.746. The Bertz CT molecular complexity index is 879. The minimum Gasteiger partial charge on any atom is -0.459 e. The van der Waals surface area contributed by atoms with E-state index < -0.39 is 11.8 Å². The number of carbonyl (C=O) groups excluding carboxylic acids is 2. The van der Waals surface area contributed by atoms with Gasteiger partial charge in [-0.15, -0.1) is 11.3 Å². The Morgan fingerprint density at radius 3 is 2.52 bits per heavy atom. The fraction of sp³-hybridized carbons (Fsp3) is 0.0526. The van der Waals surface area contributed by atoms with E-state index in [9.17, 15) is 9.59 Å². The molecule has 25 heavy (non-hydrogen) atoms. The molecule has 0 unspecified atom stereocenters. The number of furan rings is 1.